The minimum Gasteiger partial charge on any atom is -0.334 e. The number of hydrogen-bond acceptors (Lipinski definition) is 2. The van der Waals surface area contributed by atoms with Crippen LogP contribution in [0.25, 0.3) is 0 Å². The van der Waals surface area contributed by atoms with E-state index >= 15 is 0 Å². The topological polar surface area (TPSA) is 49.4 Å². The summed E-state index contributed by atoms with van der Waals surface area (Å²) in [7, 11) is 0. The largest absolute Gasteiger partial charge is 0.334 e. The van der Waals surface area contributed by atoms with Gasteiger partial charge in [0.2, 0.25) is 11.8 Å². The third kappa shape index (κ3) is 6.06. The first-order valence-electron chi connectivity index (χ1n) is 6.69. The summed E-state index contributed by atoms with van der Waals surface area (Å²) in [5.41, 5.74) is 0.673. The maximum Gasteiger partial charge on any atom is 0.243 e. The Kier molecular flexibility index (Phi) is 6.52. The van der Waals surface area contributed by atoms with E-state index in [2.05, 4.69) is 19.2 Å². The normalized spacial score (nSPS) is 10.4. The summed E-state index contributed by atoms with van der Waals surface area (Å²) >= 11 is 5.78. The lowest BCUT2D eigenvalue weighted by molar-refractivity contribution is -0.132. The average Bonchev–Trinajstić information content (AvgIpc) is 2.36. The molecule has 0 fully saturated rings. The van der Waals surface area contributed by atoms with Gasteiger partial charge in [0, 0.05) is 24.2 Å². The number of hydrogen-bond donors (Lipinski definition) is 1. The van der Waals surface area contributed by atoms with Gasteiger partial charge in [0.15, 0.2) is 0 Å². The molecule has 0 aliphatic heterocycles. The van der Waals surface area contributed by atoms with Gasteiger partial charge in [-0.25, -0.2) is 0 Å². The Labute approximate surface area is 125 Å². The molecule has 0 spiro atoms. The maximum atomic E-state index is 11.9. The van der Waals surface area contributed by atoms with Gasteiger partial charge in [-0.3, -0.25) is 9.59 Å². The Hall–Kier alpha value is -1.55. The van der Waals surface area contributed by atoms with Crippen molar-refractivity contribution in [3.63, 3.8) is 0 Å². The van der Waals surface area contributed by atoms with E-state index in [1.807, 2.05) is 0 Å². The van der Waals surface area contributed by atoms with Gasteiger partial charge in [-0.15, -0.1) is 0 Å². The Morgan fingerprint density at radius 2 is 1.85 bits per heavy atom. The van der Waals surface area contributed by atoms with Gasteiger partial charge in [0.1, 0.15) is 0 Å². The molecule has 0 aliphatic carbocycles. The second-order valence-electron chi connectivity index (χ2n) is 5.18. The molecule has 110 valence electrons. The fourth-order valence-corrected chi connectivity index (χ4v) is 1.79. The van der Waals surface area contributed by atoms with E-state index < -0.39 is 0 Å². The molecule has 20 heavy (non-hydrogen) atoms. The molecule has 1 aromatic carbocycles. The molecule has 0 radical (unpaired) electrons. The molecule has 0 heterocycles. The zero-order valence-corrected chi connectivity index (χ0v) is 12.9. The van der Waals surface area contributed by atoms with E-state index in [4.69, 9.17) is 11.6 Å². The molecule has 0 aliphatic rings. The Morgan fingerprint density at radius 3 is 2.35 bits per heavy atom. The van der Waals surface area contributed by atoms with Crippen LogP contribution in [0.4, 0.5) is 5.69 Å². The fourth-order valence-electron chi connectivity index (χ4n) is 1.67. The van der Waals surface area contributed by atoms with Gasteiger partial charge < -0.3 is 10.2 Å². The highest BCUT2D eigenvalue weighted by Crippen LogP contribution is 2.13. The van der Waals surface area contributed by atoms with Crippen LogP contribution in [0.15, 0.2) is 24.3 Å². The van der Waals surface area contributed by atoms with E-state index in [1.165, 1.54) is 6.92 Å². The van der Waals surface area contributed by atoms with Crippen LogP contribution in [-0.4, -0.2) is 29.8 Å². The molecule has 5 heteroatoms. The first-order valence-corrected chi connectivity index (χ1v) is 7.07. The third-order valence-corrected chi connectivity index (χ3v) is 3.14. The van der Waals surface area contributed by atoms with Crippen molar-refractivity contribution >= 4 is 29.1 Å². The Morgan fingerprint density at radius 1 is 1.25 bits per heavy atom. The van der Waals surface area contributed by atoms with Crippen LogP contribution in [0.5, 0.6) is 0 Å². The summed E-state index contributed by atoms with van der Waals surface area (Å²) in [6.07, 6.45) is 0.883. The van der Waals surface area contributed by atoms with Crippen molar-refractivity contribution < 1.29 is 9.59 Å². The molecule has 0 saturated carbocycles. The summed E-state index contributed by atoms with van der Waals surface area (Å²) in [5, 5.41) is 3.37. The minimum absolute atomic E-state index is 0.0741. The van der Waals surface area contributed by atoms with Gasteiger partial charge in [-0.05, 0) is 36.6 Å². The lowest BCUT2D eigenvalue weighted by Gasteiger charge is -2.21. The lowest BCUT2D eigenvalue weighted by atomic mass is 10.1. The Bertz CT molecular complexity index is 457. The minimum atomic E-state index is -0.203. The highest BCUT2D eigenvalue weighted by atomic mass is 35.5. The summed E-state index contributed by atoms with van der Waals surface area (Å²) in [6, 6.07) is 6.87. The zero-order valence-electron chi connectivity index (χ0n) is 12.1. The smallest absolute Gasteiger partial charge is 0.243 e. The summed E-state index contributed by atoms with van der Waals surface area (Å²) in [5.74, 6) is 0.208. The van der Waals surface area contributed by atoms with Gasteiger partial charge in [0.05, 0.1) is 6.54 Å². The molecule has 0 aromatic heterocycles. The van der Waals surface area contributed by atoms with E-state index in [0.29, 0.717) is 23.2 Å². The van der Waals surface area contributed by atoms with Crippen molar-refractivity contribution in [3.05, 3.63) is 29.3 Å². The Balaban J connectivity index is 2.53. The number of benzene rings is 1. The van der Waals surface area contributed by atoms with Crippen molar-refractivity contribution in [2.75, 3.05) is 18.4 Å². The van der Waals surface area contributed by atoms with Crippen molar-refractivity contribution in [2.45, 2.75) is 27.2 Å². The summed E-state index contributed by atoms with van der Waals surface area (Å²) in [4.78, 5) is 25.0. The quantitative estimate of drug-likeness (QED) is 0.876. The summed E-state index contributed by atoms with van der Waals surface area (Å²) < 4.78 is 0. The third-order valence-electron chi connectivity index (χ3n) is 2.88. The van der Waals surface area contributed by atoms with Crippen molar-refractivity contribution in [3.8, 4) is 0 Å². The monoisotopic (exact) mass is 296 g/mol. The second-order valence-corrected chi connectivity index (χ2v) is 5.61. The van der Waals surface area contributed by atoms with Crippen LogP contribution < -0.4 is 5.32 Å². The second kappa shape index (κ2) is 7.90. The average molecular weight is 297 g/mol. The highest BCUT2D eigenvalue weighted by molar-refractivity contribution is 6.30. The van der Waals surface area contributed by atoms with Gasteiger partial charge in [-0.2, -0.15) is 0 Å². The number of nitrogens with zero attached hydrogens (tertiary/aromatic N) is 1. The first kappa shape index (κ1) is 16.5. The zero-order chi connectivity index (χ0) is 15.1. The number of carbonyl (C=O) groups excluding carboxylic acids is 2. The van der Waals surface area contributed by atoms with Crippen LogP contribution in [-0.2, 0) is 9.59 Å². The number of nitrogens with one attached hydrogen (secondary N) is 1. The van der Waals surface area contributed by atoms with E-state index in [9.17, 15) is 9.59 Å². The molecule has 4 nitrogen and oxygen atoms in total. The lowest BCUT2D eigenvalue weighted by Crippen LogP contribution is -2.37. The van der Waals surface area contributed by atoms with Crippen LogP contribution in [0.1, 0.15) is 27.2 Å². The molecular formula is C15H21ClN2O2. The molecule has 1 rings (SSSR count). The van der Waals surface area contributed by atoms with Crippen molar-refractivity contribution in [1.82, 2.24) is 4.90 Å². The number of anilines is 1. The number of carbonyl (C=O) groups is 2. The van der Waals surface area contributed by atoms with E-state index in [1.54, 1.807) is 29.2 Å². The standard InChI is InChI=1S/C15H21ClN2O2/c1-11(2)8-9-18(12(3)19)10-15(20)17-14-6-4-13(16)5-7-14/h4-7,11H,8-10H2,1-3H3,(H,17,20). The molecule has 0 saturated heterocycles. The number of halogens is 1. The molecule has 1 aromatic rings. The predicted octanol–water partition coefficient (Wildman–Crippen LogP) is 3.17. The van der Waals surface area contributed by atoms with Crippen LogP contribution in [0, 0.1) is 5.92 Å². The molecule has 1 N–H and O–H groups in total. The number of rotatable bonds is 6. The van der Waals surface area contributed by atoms with Crippen LogP contribution in [0.2, 0.25) is 5.02 Å². The van der Waals surface area contributed by atoms with Gasteiger partial charge in [-0.1, -0.05) is 25.4 Å². The maximum absolute atomic E-state index is 11.9. The van der Waals surface area contributed by atoms with Gasteiger partial charge >= 0.3 is 0 Å². The van der Waals surface area contributed by atoms with Crippen LogP contribution >= 0.6 is 11.6 Å². The van der Waals surface area contributed by atoms with Crippen LogP contribution in [0.3, 0.4) is 0 Å². The van der Waals surface area contributed by atoms with E-state index in [0.717, 1.165) is 6.42 Å². The molecular weight excluding hydrogens is 276 g/mol. The molecule has 0 unspecified atom stereocenters. The highest BCUT2D eigenvalue weighted by Gasteiger charge is 2.14. The number of amides is 2. The predicted molar refractivity (Wildman–Crippen MR) is 81.8 cm³/mol. The van der Waals surface area contributed by atoms with E-state index in [-0.39, 0.29) is 18.4 Å². The molecule has 0 atom stereocenters. The first-order chi connectivity index (χ1) is 9.38. The van der Waals surface area contributed by atoms with Crippen molar-refractivity contribution in [2.24, 2.45) is 5.92 Å². The molecule has 2 amide bonds. The van der Waals surface area contributed by atoms with Gasteiger partial charge in [0.25, 0.3) is 0 Å². The summed E-state index contributed by atoms with van der Waals surface area (Å²) in [6.45, 7) is 6.33. The molecule has 0 bridgehead atoms. The SMILES string of the molecule is CC(=O)N(CCC(C)C)CC(=O)Nc1ccc(Cl)cc1. The fraction of sp³-hybridized carbons (Fsp3) is 0.467. The van der Waals surface area contributed by atoms with Crippen molar-refractivity contribution in [1.29, 1.82) is 0 Å².